The lowest BCUT2D eigenvalue weighted by Crippen LogP contribution is -2.53. The predicted octanol–water partition coefficient (Wildman–Crippen LogP) is 4.96. The average molecular weight is 319 g/mol. The molecule has 2 heteroatoms. The Hall–Kier alpha value is -2.32. The van der Waals surface area contributed by atoms with Gasteiger partial charge in [0.15, 0.2) is 0 Å². The van der Waals surface area contributed by atoms with Crippen LogP contribution in [0.3, 0.4) is 0 Å². The lowest BCUT2D eigenvalue weighted by atomic mass is 9.94. The molecule has 0 radical (unpaired) electrons. The van der Waals surface area contributed by atoms with Crippen molar-refractivity contribution in [3.8, 4) is 0 Å². The van der Waals surface area contributed by atoms with E-state index >= 15 is 0 Å². The number of benzene rings is 2. The van der Waals surface area contributed by atoms with Crippen LogP contribution in [0.4, 0.5) is 0 Å². The standard InChI is InChI=1S/C22H25NO/c1-3-11-20(4-2)24-21-16-23(17-21)22(18-12-7-5-8-13-18)19-14-9-6-10-15-19/h3-15,21-22H,16-17H2,1-2H3. The fourth-order valence-electron chi connectivity index (χ4n) is 3.20. The van der Waals surface area contributed by atoms with Crippen LogP contribution in [0.15, 0.2) is 84.7 Å². The van der Waals surface area contributed by atoms with Gasteiger partial charge in [0.2, 0.25) is 0 Å². The van der Waals surface area contributed by atoms with Gasteiger partial charge < -0.3 is 4.74 Å². The molecule has 0 aliphatic carbocycles. The fraction of sp³-hybridized carbons (Fsp3) is 0.273. The molecule has 0 bridgehead atoms. The second-order valence-electron chi connectivity index (χ2n) is 6.11. The van der Waals surface area contributed by atoms with Gasteiger partial charge in [0.25, 0.3) is 0 Å². The van der Waals surface area contributed by atoms with Crippen LogP contribution in [0.2, 0.25) is 0 Å². The van der Waals surface area contributed by atoms with Gasteiger partial charge in [0.1, 0.15) is 11.9 Å². The van der Waals surface area contributed by atoms with Crippen LogP contribution in [0.25, 0.3) is 0 Å². The van der Waals surface area contributed by atoms with Gasteiger partial charge in [-0.25, -0.2) is 0 Å². The predicted molar refractivity (Wildman–Crippen MR) is 99.7 cm³/mol. The Labute approximate surface area is 145 Å². The molecule has 1 aliphatic heterocycles. The molecule has 0 spiro atoms. The van der Waals surface area contributed by atoms with Crippen molar-refractivity contribution < 1.29 is 4.74 Å². The zero-order chi connectivity index (χ0) is 16.8. The van der Waals surface area contributed by atoms with Crippen molar-refractivity contribution in [1.82, 2.24) is 4.90 Å². The van der Waals surface area contributed by atoms with E-state index in [-0.39, 0.29) is 6.10 Å². The number of hydrogen-bond donors (Lipinski definition) is 0. The fourth-order valence-corrected chi connectivity index (χ4v) is 3.20. The summed E-state index contributed by atoms with van der Waals surface area (Å²) in [4.78, 5) is 2.48. The molecule has 0 N–H and O–H groups in total. The second kappa shape index (κ2) is 7.98. The van der Waals surface area contributed by atoms with Crippen LogP contribution in [0, 0.1) is 0 Å². The highest BCUT2D eigenvalue weighted by molar-refractivity contribution is 5.32. The summed E-state index contributed by atoms with van der Waals surface area (Å²) < 4.78 is 6.06. The van der Waals surface area contributed by atoms with Gasteiger partial charge in [0.05, 0.1) is 6.04 Å². The normalized spacial score (nSPS) is 16.5. The molecule has 0 amide bonds. The molecule has 2 aromatic rings. The molecular formula is C22H25NO. The molecule has 0 atom stereocenters. The van der Waals surface area contributed by atoms with Gasteiger partial charge in [-0.2, -0.15) is 0 Å². The SMILES string of the molecule is CC=CC(=CC)OC1CN(C(c2ccccc2)c2ccccc2)C1. The molecule has 24 heavy (non-hydrogen) atoms. The van der Waals surface area contributed by atoms with Crippen molar-refractivity contribution in [2.75, 3.05) is 13.1 Å². The zero-order valence-electron chi connectivity index (χ0n) is 14.4. The minimum absolute atomic E-state index is 0.266. The maximum atomic E-state index is 6.06. The Morgan fingerprint density at radius 1 is 0.958 bits per heavy atom. The van der Waals surface area contributed by atoms with Crippen LogP contribution < -0.4 is 0 Å². The molecule has 1 fully saturated rings. The van der Waals surface area contributed by atoms with Crippen LogP contribution in [0.5, 0.6) is 0 Å². The summed E-state index contributed by atoms with van der Waals surface area (Å²) in [6.45, 7) is 5.93. The summed E-state index contributed by atoms with van der Waals surface area (Å²) in [6, 6.07) is 21.7. The van der Waals surface area contributed by atoms with Crippen LogP contribution in [0.1, 0.15) is 31.0 Å². The lowest BCUT2D eigenvalue weighted by molar-refractivity contribution is -0.0332. The first kappa shape index (κ1) is 16.5. The van der Waals surface area contributed by atoms with Crippen molar-refractivity contribution in [1.29, 1.82) is 0 Å². The number of ether oxygens (including phenoxy) is 1. The van der Waals surface area contributed by atoms with Crippen molar-refractivity contribution in [3.05, 3.63) is 95.8 Å². The molecular weight excluding hydrogens is 294 g/mol. The summed E-state index contributed by atoms with van der Waals surface area (Å²) >= 11 is 0. The first-order chi connectivity index (χ1) is 11.8. The Balaban J connectivity index is 1.73. The topological polar surface area (TPSA) is 12.5 Å². The number of allylic oxidation sites excluding steroid dienone is 3. The van der Waals surface area contributed by atoms with Crippen molar-refractivity contribution in [3.63, 3.8) is 0 Å². The van der Waals surface area contributed by atoms with E-state index in [0.717, 1.165) is 18.8 Å². The Bertz CT molecular complexity index is 645. The largest absolute Gasteiger partial charge is 0.488 e. The average Bonchev–Trinajstić information content (AvgIpc) is 2.61. The molecule has 0 unspecified atom stereocenters. The molecule has 1 saturated heterocycles. The number of rotatable bonds is 6. The van der Waals surface area contributed by atoms with E-state index in [1.54, 1.807) is 0 Å². The van der Waals surface area contributed by atoms with Crippen LogP contribution >= 0.6 is 0 Å². The zero-order valence-corrected chi connectivity index (χ0v) is 14.4. The van der Waals surface area contributed by atoms with Crippen LogP contribution in [-0.4, -0.2) is 24.1 Å². The van der Waals surface area contributed by atoms with E-state index in [2.05, 4.69) is 65.6 Å². The lowest BCUT2D eigenvalue weighted by Gasteiger charge is -2.44. The third-order valence-electron chi connectivity index (χ3n) is 4.39. The molecule has 1 heterocycles. The molecule has 0 aromatic heterocycles. The smallest absolute Gasteiger partial charge is 0.124 e. The Morgan fingerprint density at radius 3 is 1.96 bits per heavy atom. The third-order valence-corrected chi connectivity index (χ3v) is 4.39. The summed E-state index contributed by atoms with van der Waals surface area (Å²) in [5.74, 6) is 0.957. The maximum Gasteiger partial charge on any atom is 0.124 e. The minimum atomic E-state index is 0.266. The molecule has 124 valence electrons. The van der Waals surface area contributed by atoms with E-state index in [1.165, 1.54) is 11.1 Å². The quantitative estimate of drug-likeness (QED) is 0.551. The van der Waals surface area contributed by atoms with Gasteiger partial charge in [0, 0.05) is 13.1 Å². The van der Waals surface area contributed by atoms with Crippen molar-refractivity contribution >= 4 is 0 Å². The van der Waals surface area contributed by atoms with E-state index in [9.17, 15) is 0 Å². The van der Waals surface area contributed by atoms with E-state index in [4.69, 9.17) is 4.74 Å². The maximum absolute atomic E-state index is 6.06. The highest BCUT2D eigenvalue weighted by Gasteiger charge is 2.35. The van der Waals surface area contributed by atoms with Gasteiger partial charge in [-0.15, -0.1) is 0 Å². The number of nitrogens with zero attached hydrogens (tertiary/aromatic N) is 1. The summed E-state index contributed by atoms with van der Waals surface area (Å²) in [7, 11) is 0. The van der Waals surface area contributed by atoms with Gasteiger partial charge >= 0.3 is 0 Å². The Morgan fingerprint density at radius 2 is 1.50 bits per heavy atom. The molecule has 2 nitrogen and oxygen atoms in total. The number of hydrogen-bond acceptors (Lipinski definition) is 2. The minimum Gasteiger partial charge on any atom is -0.488 e. The van der Waals surface area contributed by atoms with E-state index in [0.29, 0.717) is 6.04 Å². The van der Waals surface area contributed by atoms with Gasteiger partial charge in [-0.05, 0) is 37.1 Å². The van der Waals surface area contributed by atoms with Gasteiger partial charge in [-0.3, -0.25) is 4.90 Å². The van der Waals surface area contributed by atoms with Crippen molar-refractivity contribution in [2.45, 2.75) is 26.0 Å². The van der Waals surface area contributed by atoms with Gasteiger partial charge in [-0.1, -0.05) is 66.7 Å². The first-order valence-electron chi connectivity index (χ1n) is 8.61. The summed E-state index contributed by atoms with van der Waals surface area (Å²) in [5, 5.41) is 0. The monoisotopic (exact) mass is 319 g/mol. The first-order valence-corrected chi connectivity index (χ1v) is 8.61. The summed E-state index contributed by atoms with van der Waals surface area (Å²) in [5.41, 5.74) is 2.67. The Kier molecular flexibility index (Phi) is 5.50. The van der Waals surface area contributed by atoms with E-state index in [1.807, 2.05) is 32.1 Å². The highest BCUT2D eigenvalue weighted by Crippen LogP contribution is 2.33. The summed E-state index contributed by atoms with van der Waals surface area (Å²) in [6.07, 6.45) is 6.33. The molecule has 2 aromatic carbocycles. The molecule has 3 rings (SSSR count). The third kappa shape index (κ3) is 3.77. The van der Waals surface area contributed by atoms with E-state index < -0.39 is 0 Å². The van der Waals surface area contributed by atoms with Crippen molar-refractivity contribution in [2.24, 2.45) is 0 Å². The van der Waals surface area contributed by atoms with Crippen LogP contribution in [-0.2, 0) is 4.74 Å². The number of likely N-dealkylation sites (tertiary alicyclic amines) is 1. The second-order valence-corrected chi connectivity index (χ2v) is 6.11. The molecule has 0 saturated carbocycles. The highest BCUT2D eigenvalue weighted by atomic mass is 16.5. The molecule has 1 aliphatic rings.